The summed E-state index contributed by atoms with van der Waals surface area (Å²) in [7, 11) is 0. The number of benzene rings is 1. The van der Waals surface area contributed by atoms with Gasteiger partial charge in [0.1, 0.15) is 11.6 Å². The number of pyridine rings is 1. The number of fused-ring (bicyclic) bond motifs is 1. The maximum Gasteiger partial charge on any atom is 0.279 e. The molecule has 86 valence electrons. The van der Waals surface area contributed by atoms with Crippen molar-refractivity contribution < 1.29 is 0 Å². The normalized spacial score (nSPS) is 10.4. The summed E-state index contributed by atoms with van der Waals surface area (Å²) in [6.45, 7) is 0. The van der Waals surface area contributed by atoms with E-state index >= 15 is 0 Å². The van der Waals surface area contributed by atoms with Crippen molar-refractivity contribution in [1.82, 2.24) is 9.55 Å². The molecule has 3 rings (SSSR count). The average molecular weight is 235 g/mol. The highest BCUT2D eigenvalue weighted by Gasteiger charge is 2.08. The zero-order valence-corrected chi connectivity index (χ0v) is 9.42. The molecule has 0 saturated carbocycles. The van der Waals surface area contributed by atoms with Gasteiger partial charge in [0.15, 0.2) is 0 Å². The van der Waals surface area contributed by atoms with E-state index < -0.39 is 0 Å². The molecule has 0 fully saturated rings. The fraction of sp³-hybridized carbons (Fsp3) is 0. The second-order valence-corrected chi connectivity index (χ2v) is 3.93. The minimum absolute atomic E-state index is 0.153. The Morgan fingerprint density at radius 2 is 1.94 bits per heavy atom. The van der Waals surface area contributed by atoms with Crippen LogP contribution in [-0.2, 0) is 0 Å². The van der Waals surface area contributed by atoms with Gasteiger partial charge in [0.25, 0.3) is 5.56 Å². The number of para-hydroxylation sites is 1. The Labute approximate surface area is 103 Å². The van der Waals surface area contributed by atoms with Crippen molar-refractivity contribution in [3.8, 4) is 11.8 Å². The van der Waals surface area contributed by atoms with Gasteiger partial charge in [-0.2, -0.15) is 5.26 Å². The first-order valence-corrected chi connectivity index (χ1v) is 5.49. The maximum atomic E-state index is 12.3. The van der Waals surface area contributed by atoms with Crippen molar-refractivity contribution in [2.75, 3.05) is 0 Å². The van der Waals surface area contributed by atoms with Crippen LogP contribution in [0.5, 0.6) is 0 Å². The lowest BCUT2D eigenvalue weighted by Gasteiger charge is -2.04. The van der Waals surface area contributed by atoms with Crippen molar-refractivity contribution in [3.63, 3.8) is 0 Å². The molecule has 2 aromatic heterocycles. The third-order valence-corrected chi connectivity index (χ3v) is 2.90. The van der Waals surface area contributed by atoms with Crippen LogP contribution in [0.3, 0.4) is 0 Å². The SMILES string of the molecule is N#Cc1c[nH]c2c(=O)n(-c3ccccc3)ccc12. The summed E-state index contributed by atoms with van der Waals surface area (Å²) in [4.78, 5) is 15.1. The van der Waals surface area contributed by atoms with Crippen LogP contribution in [0.2, 0.25) is 0 Å². The lowest BCUT2D eigenvalue weighted by atomic mass is 10.2. The van der Waals surface area contributed by atoms with Crippen molar-refractivity contribution in [2.24, 2.45) is 0 Å². The summed E-state index contributed by atoms with van der Waals surface area (Å²) in [6.07, 6.45) is 3.25. The average Bonchev–Trinajstić information content (AvgIpc) is 2.84. The van der Waals surface area contributed by atoms with E-state index in [2.05, 4.69) is 11.1 Å². The van der Waals surface area contributed by atoms with Gasteiger partial charge < -0.3 is 4.98 Å². The molecule has 1 N–H and O–H groups in total. The smallest absolute Gasteiger partial charge is 0.279 e. The van der Waals surface area contributed by atoms with Gasteiger partial charge in [-0.3, -0.25) is 9.36 Å². The van der Waals surface area contributed by atoms with Gasteiger partial charge in [-0.1, -0.05) is 18.2 Å². The van der Waals surface area contributed by atoms with Crippen LogP contribution >= 0.6 is 0 Å². The lowest BCUT2D eigenvalue weighted by Crippen LogP contribution is -2.17. The topological polar surface area (TPSA) is 61.6 Å². The fourth-order valence-corrected chi connectivity index (χ4v) is 2.01. The summed E-state index contributed by atoms with van der Waals surface area (Å²) >= 11 is 0. The minimum Gasteiger partial charge on any atom is -0.355 e. The molecular formula is C14H9N3O. The molecule has 0 aliphatic carbocycles. The largest absolute Gasteiger partial charge is 0.355 e. The van der Waals surface area contributed by atoms with Crippen LogP contribution in [0.4, 0.5) is 0 Å². The summed E-state index contributed by atoms with van der Waals surface area (Å²) in [5, 5.41) is 9.58. The molecule has 0 bridgehead atoms. The highest BCUT2D eigenvalue weighted by Crippen LogP contribution is 2.15. The van der Waals surface area contributed by atoms with E-state index in [1.165, 1.54) is 0 Å². The molecule has 2 heterocycles. The van der Waals surface area contributed by atoms with E-state index in [9.17, 15) is 4.79 Å². The van der Waals surface area contributed by atoms with Gasteiger partial charge in [-0.15, -0.1) is 0 Å². The van der Waals surface area contributed by atoms with E-state index in [4.69, 9.17) is 5.26 Å². The molecule has 0 radical (unpaired) electrons. The van der Waals surface area contributed by atoms with E-state index in [1.54, 1.807) is 23.0 Å². The zero-order valence-electron chi connectivity index (χ0n) is 9.42. The molecule has 1 aromatic carbocycles. The molecule has 0 saturated heterocycles. The van der Waals surface area contributed by atoms with E-state index in [0.29, 0.717) is 16.5 Å². The molecule has 0 unspecified atom stereocenters. The molecular weight excluding hydrogens is 226 g/mol. The fourth-order valence-electron chi connectivity index (χ4n) is 2.01. The predicted octanol–water partition coefficient (Wildman–Crippen LogP) is 2.19. The van der Waals surface area contributed by atoms with Crippen molar-refractivity contribution >= 4 is 10.9 Å². The second kappa shape index (κ2) is 3.90. The lowest BCUT2D eigenvalue weighted by molar-refractivity contribution is 1.00. The van der Waals surface area contributed by atoms with E-state index in [0.717, 1.165) is 5.69 Å². The Kier molecular flexibility index (Phi) is 2.24. The van der Waals surface area contributed by atoms with Crippen LogP contribution in [0.25, 0.3) is 16.6 Å². The van der Waals surface area contributed by atoms with Gasteiger partial charge in [0, 0.05) is 23.5 Å². The number of H-pyrrole nitrogens is 1. The van der Waals surface area contributed by atoms with Gasteiger partial charge in [-0.05, 0) is 18.2 Å². The number of aromatic nitrogens is 2. The summed E-state index contributed by atoms with van der Waals surface area (Å²) in [5.41, 5.74) is 1.60. The standard InChI is InChI=1S/C14H9N3O/c15-8-10-9-16-13-12(10)6-7-17(14(13)18)11-4-2-1-3-5-11/h1-7,9,16H. The van der Waals surface area contributed by atoms with Crippen LogP contribution in [-0.4, -0.2) is 9.55 Å². The molecule has 0 amide bonds. The Bertz CT molecular complexity index is 806. The molecule has 0 spiro atoms. The van der Waals surface area contributed by atoms with Crippen molar-refractivity contribution in [3.05, 3.63) is 64.7 Å². The Hall–Kier alpha value is -2.80. The Balaban J connectivity index is 2.32. The third kappa shape index (κ3) is 1.42. The van der Waals surface area contributed by atoms with Gasteiger partial charge in [-0.25, -0.2) is 0 Å². The first-order chi connectivity index (χ1) is 8.81. The molecule has 0 atom stereocenters. The predicted molar refractivity (Wildman–Crippen MR) is 68.6 cm³/mol. The van der Waals surface area contributed by atoms with E-state index in [1.807, 2.05) is 30.3 Å². The number of hydrogen-bond donors (Lipinski definition) is 1. The minimum atomic E-state index is -0.153. The van der Waals surface area contributed by atoms with Crippen LogP contribution in [0.1, 0.15) is 5.56 Å². The second-order valence-electron chi connectivity index (χ2n) is 3.93. The zero-order chi connectivity index (χ0) is 12.5. The van der Waals surface area contributed by atoms with Gasteiger partial charge in [0.2, 0.25) is 0 Å². The molecule has 0 aliphatic heterocycles. The van der Waals surface area contributed by atoms with Crippen molar-refractivity contribution in [2.45, 2.75) is 0 Å². The maximum absolute atomic E-state index is 12.3. The number of rotatable bonds is 1. The number of nitrogens with zero attached hydrogens (tertiary/aromatic N) is 2. The van der Waals surface area contributed by atoms with Crippen LogP contribution in [0.15, 0.2) is 53.6 Å². The molecule has 4 nitrogen and oxygen atoms in total. The first-order valence-electron chi connectivity index (χ1n) is 5.49. The first kappa shape index (κ1) is 10.4. The van der Waals surface area contributed by atoms with Gasteiger partial charge >= 0.3 is 0 Å². The number of hydrogen-bond acceptors (Lipinski definition) is 2. The summed E-state index contributed by atoms with van der Waals surface area (Å²) < 4.78 is 1.56. The Morgan fingerprint density at radius 3 is 2.67 bits per heavy atom. The monoisotopic (exact) mass is 235 g/mol. The van der Waals surface area contributed by atoms with Gasteiger partial charge in [0.05, 0.1) is 5.56 Å². The molecule has 4 heteroatoms. The third-order valence-electron chi connectivity index (χ3n) is 2.90. The van der Waals surface area contributed by atoms with Crippen LogP contribution < -0.4 is 5.56 Å². The van der Waals surface area contributed by atoms with E-state index in [-0.39, 0.29) is 5.56 Å². The molecule has 3 aromatic rings. The number of nitriles is 1. The highest BCUT2D eigenvalue weighted by atomic mass is 16.1. The molecule has 0 aliphatic rings. The number of aromatic amines is 1. The quantitative estimate of drug-likeness (QED) is 0.702. The Morgan fingerprint density at radius 1 is 1.17 bits per heavy atom. The summed E-state index contributed by atoms with van der Waals surface area (Å²) in [5.74, 6) is 0. The molecule has 18 heavy (non-hydrogen) atoms. The highest BCUT2D eigenvalue weighted by molar-refractivity contribution is 5.84. The van der Waals surface area contributed by atoms with Crippen molar-refractivity contribution in [1.29, 1.82) is 5.26 Å². The van der Waals surface area contributed by atoms with Crippen LogP contribution in [0, 0.1) is 11.3 Å². The summed E-state index contributed by atoms with van der Waals surface area (Å²) in [6, 6.07) is 13.2. The number of nitrogens with one attached hydrogen (secondary N) is 1.